The number of hydrogen-bond donors (Lipinski definition) is 1. The lowest BCUT2D eigenvalue weighted by atomic mass is 9.76. The van der Waals surface area contributed by atoms with Gasteiger partial charge in [-0.15, -0.1) is 0 Å². The normalized spacial score (nSPS) is 18.4. The maximum absolute atomic E-state index is 12.2. The minimum atomic E-state index is 0.0391. The Hall–Kier alpha value is -1.28. The van der Waals surface area contributed by atoms with Crippen LogP contribution in [0.25, 0.3) is 10.9 Å². The average molecular weight is 248 g/mol. The number of ketones is 1. The first-order chi connectivity index (χ1) is 7.98. The summed E-state index contributed by atoms with van der Waals surface area (Å²) in [5.41, 5.74) is 2.82. The van der Waals surface area contributed by atoms with Gasteiger partial charge < -0.3 is 4.98 Å². The van der Waals surface area contributed by atoms with Crippen molar-refractivity contribution in [3.63, 3.8) is 0 Å². The number of aromatic nitrogens is 1. The minimum Gasteiger partial charge on any atom is -0.357 e. The molecule has 1 aromatic heterocycles. The van der Waals surface area contributed by atoms with Crippen LogP contribution in [-0.2, 0) is 6.42 Å². The number of para-hydroxylation sites is 1. The van der Waals surface area contributed by atoms with E-state index in [9.17, 15) is 4.79 Å². The quantitative estimate of drug-likeness (QED) is 0.751. The molecule has 2 nitrogen and oxygen atoms in total. The number of fused-ring (bicyclic) bond motifs is 3. The Kier molecular flexibility index (Phi) is 2.14. The fraction of sp³-hybridized carbons (Fsp3) is 0.357. The van der Waals surface area contributed by atoms with Gasteiger partial charge in [-0.05, 0) is 17.9 Å². The van der Waals surface area contributed by atoms with Crippen molar-refractivity contribution in [2.75, 3.05) is 0 Å². The molecule has 0 amide bonds. The molecule has 3 rings (SSSR count). The molecule has 0 spiro atoms. The second-order valence-electron chi connectivity index (χ2n) is 5.58. The van der Waals surface area contributed by atoms with Crippen molar-refractivity contribution in [1.29, 1.82) is 0 Å². The minimum absolute atomic E-state index is 0.0391. The lowest BCUT2D eigenvalue weighted by Gasteiger charge is -2.28. The molecule has 0 bridgehead atoms. The number of carbonyl (C=O) groups excluding carboxylic acids is 1. The second kappa shape index (κ2) is 3.36. The van der Waals surface area contributed by atoms with Gasteiger partial charge in [0.15, 0.2) is 5.78 Å². The van der Waals surface area contributed by atoms with Crippen LogP contribution in [0.5, 0.6) is 0 Å². The maximum Gasteiger partial charge on any atom is 0.165 e. The number of hydrogen-bond acceptors (Lipinski definition) is 1. The van der Waals surface area contributed by atoms with Crippen LogP contribution < -0.4 is 0 Å². The van der Waals surface area contributed by atoms with Gasteiger partial charge in [0.25, 0.3) is 0 Å². The van der Waals surface area contributed by atoms with Crippen LogP contribution in [0.1, 0.15) is 36.3 Å². The molecule has 88 valence electrons. The molecule has 0 atom stereocenters. The molecule has 1 aromatic carbocycles. The second-order valence-corrected chi connectivity index (χ2v) is 5.99. The van der Waals surface area contributed by atoms with Gasteiger partial charge in [-0.3, -0.25) is 4.79 Å². The van der Waals surface area contributed by atoms with Gasteiger partial charge in [0.05, 0.1) is 10.5 Å². The van der Waals surface area contributed by atoms with E-state index in [1.165, 1.54) is 0 Å². The largest absolute Gasteiger partial charge is 0.357 e. The maximum atomic E-state index is 12.2. The Morgan fingerprint density at radius 1 is 1.29 bits per heavy atom. The number of halogens is 1. The zero-order chi connectivity index (χ0) is 12.2. The summed E-state index contributed by atoms with van der Waals surface area (Å²) in [6, 6.07) is 5.71. The summed E-state index contributed by atoms with van der Waals surface area (Å²) < 4.78 is 0. The Morgan fingerprint density at radius 3 is 2.82 bits per heavy atom. The zero-order valence-corrected chi connectivity index (χ0v) is 10.7. The average Bonchev–Trinajstić information content (AvgIpc) is 2.55. The van der Waals surface area contributed by atoms with Crippen molar-refractivity contribution in [3.05, 3.63) is 34.5 Å². The molecule has 17 heavy (non-hydrogen) atoms. The number of Topliss-reactive ketones (excluding diaryl/α,β-unsaturated/α-hetero) is 1. The van der Waals surface area contributed by atoms with E-state index < -0.39 is 0 Å². The number of nitrogens with one attached hydrogen (secondary N) is 1. The van der Waals surface area contributed by atoms with Crippen LogP contribution in [-0.4, -0.2) is 10.8 Å². The van der Waals surface area contributed by atoms with Crippen LogP contribution in [0.4, 0.5) is 0 Å². The molecular weight excluding hydrogens is 234 g/mol. The Balaban J connectivity index is 2.32. The molecule has 1 heterocycles. The van der Waals surface area contributed by atoms with Crippen molar-refractivity contribution in [2.24, 2.45) is 5.41 Å². The van der Waals surface area contributed by atoms with Crippen LogP contribution in [0.3, 0.4) is 0 Å². The number of benzene rings is 1. The highest BCUT2D eigenvalue weighted by Crippen LogP contribution is 2.39. The number of carbonyl (C=O) groups is 1. The third-order valence-corrected chi connectivity index (χ3v) is 3.75. The highest BCUT2D eigenvalue weighted by molar-refractivity contribution is 6.35. The molecule has 1 aliphatic carbocycles. The van der Waals surface area contributed by atoms with Crippen molar-refractivity contribution in [3.8, 4) is 0 Å². The van der Waals surface area contributed by atoms with E-state index in [0.29, 0.717) is 11.4 Å². The van der Waals surface area contributed by atoms with Crippen molar-refractivity contribution in [2.45, 2.75) is 26.7 Å². The van der Waals surface area contributed by atoms with Crippen LogP contribution in [0.2, 0.25) is 5.02 Å². The zero-order valence-electron chi connectivity index (χ0n) is 9.93. The van der Waals surface area contributed by atoms with E-state index in [4.69, 9.17) is 11.6 Å². The van der Waals surface area contributed by atoms with Gasteiger partial charge in [0.1, 0.15) is 0 Å². The lowest BCUT2D eigenvalue weighted by molar-refractivity contribution is 0.0913. The predicted molar refractivity (Wildman–Crippen MR) is 69.7 cm³/mol. The van der Waals surface area contributed by atoms with Gasteiger partial charge in [-0.25, -0.2) is 0 Å². The fourth-order valence-electron chi connectivity index (χ4n) is 2.75. The highest BCUT2D eigenvalue weighted by Gasteiger charge is 2.33. The summed E-state index contributed by atoms with van der Waals surface area (Å²) in [5.74, 6) is 0.227. The lowest BCUT2D eigenvalue weighted by Crippen LogP contribution is -2.26. The third-order valence-electron chi connectivity index (χ3n) is 3.43. The van der Waals surface area contributed by atoms with Gasteiger partial charge >= 0.3 is 0 Å². The van der Waals surface area contributed by atoms with Gasteiger partial charge in [0, 0.05) is 23.1 Å². The van der Waals surface area contributed by atoms with E-state index in [0.717, 1.165) is 28.6 Å². The van der Waals surface area contributed by atoms with E-state index >= 15 is 0 Å². The smallest absolute Gasteiger partial charge is 0.165 e. The molecule has 0 saturated carbocycles. The van der Waals surface area contributed by atoms with Gasteiger partial charge in [-0.1, -0.05) is 37.6 Å². The van der Waals surface area contributed by atoms with E-state index in [2.05, 4.69) is 18.8 Å². The first kappa shape index (κ1) is 10.8. The first-order valence-electron chi connectivity index (χ1n) is 5.80. The van der Waals surface area contributed by atoms with E-state index in [-0.39, 0.29) is 11.2 Å². The van der Waals surface area contributed by atoms with Gasteiger partial charge in [0.2, 0.25) is 0 Å². The van der Waals surface area contributed by atoms with Crippen LogP contribution in [0, 0.1) is 5.41 Å². The summed E-state index contributed by atoms with van der Waals surface area (Å²) in [4.78, 5) is 15.5. The van der Waals surface area contributed by atoms with Crippen LogP contribution >= 0.6 is 11.6 Å². The standard InChI is InChI=1S/C14H14ClNO/c1-14(2)6-10-12(11(17)7-14)8-4-3-5-9(15)13(8)16-10/h3-5,16H,6-7H2,1-2H3. The molecule has 0 fully saturated rings. The third kappa shape index (κ3) is 1.59. The molecular formula is C14H14ClNO. The van der Waals surface area contributed by atoms with Crippen molar-refractivity contribution in [1.82, 2.24) is 4.98 Å². The molecule has 3 heteroatoms. The predicted octanol–water partition coefficient (Wildman–Crippen LogP) is 3.98. The Labute approximate surface area is 105 Å². The summed E-state index contributed by atoms with van der Waals surface area (Å²) in [6.07, 6.45) is 1.51. The topological polar surface area (TPSA) is 32.9 Å². The Bertz CT molecular complexity index is 624. The summed E-state index contributed by atoms with van der Waals surface area (Å²) in [5, 5.41) is 1.65. The molecule has 0 aliphatic heterocycles. The molecule has 0 unspecified atom stereocenters. The van der Waals surface area contributed by atoms with E-state index in [1.54, 1.807) is 0 Å². The highest BCUT2D eigenvalue weighted by atomic mass is 35.5. The molecule has 1 N–H and O–H groups in total. The number of aromatic amines is 1. The monoisotopic (exact) mass is 247 g/mol. The molecule has 1 aliphatic rings. The number of H-pyrrole nitrogens is 1. The SMILES string of the molecule is CC1(C)CC(=O)c2c([nH]c3c(Cl)cccc23)C1. The first-order valence-corrected chi connectivity index (χ1v) is 6.18. The summed E-state index contributed by atoms with van der Waals surface area (Å²) in [7, 11) is 0. The van der Waals surface area contributed by atoms with Crippen molar-refractivity contribution < 1.29 is 4.79 Å². The summed E-state index contributed by atoms with van der Waals surface area (Å²) in [6.45, 7) is 4.25. The molecule has 0 radical (unpaired) electrons. The number of rotatable bonds is 0. The fourth-order valence-corrected chi connectivity index (χ4v) is 2.97. The molecule has 2 aromatic rings. The van der Waals surface area contributed by atoms with Crippen LogP contribution in [0.15, 0.2) is 18.2 Å². The van der Waals surface area contributed by atoms with Crippen molar-refractivity contribution >= 4 is 28.3 Å². The molecule has 0 saturated heterocycles. The Morgan fingerprint density at radius 2 is 2.06 bits per heavy atom. The van der Waals surface area contributed by atoms with E-state index in [1.807, 2.05) is 18.2 Å². The van der Waals surface area contributed by atoms with Gasteiger partial charge in [-0.2, -0.15) is 0 Å². The summed E-state index contributed by atoms with van der Waals surface area (Å²) >= 11 is 6.15.